The molecule has 1 aliphatic carbocycles. The summed E-state index contributed by atoms with van der Waals surface area (Å²) in [5, 5.41) is 13.2. The molecule has 18 heavy (non-hydrogen) atoms. The van der Waals surface area contributed by atoms with Gasteiger partial charge in [0.05, 0.1) is 0 Å². The smallest absolute Gasteiger partial charge is 0.284 e. The average Bonchev–Trinajstić information content (AvgIpc) is 2.85. The molecule has 0 atom stereocenters. The summed E-state index contributed by atoms with van der Waals surface area (Å²) < 4.78 is 1.76. The summed E-state index contributed by atoms with van der Waals surface area (Å²) in [7, 11) is 0. The van der Waals surface area contributed by atoms with Crippen LogP contribution in [0.25, 0.3) is 4.96 Å². The van der Waals surface area contributed by atoms with Crippen molar-refractivity contribution in [2.45, 2.75) is 31.6 Å². The first kappa shape index (κ1) is 10.4. The molecule has 4 rings (SSSR count). The zero-order chi connectivity index (χ0) is 12.1. The van der Waals surface area contributed by atoms with Gasteiger partial charge in [0.25, 0.3) is 5.91 Å². The molecule has 0 N–H and O–H groups in total. The van der Waals surface area contributed by atoms with Gasteiger partial charge in [0, 0.05) is 19.0 Å². The van der Waals surface area contributed by atoms with Crippen LogP contribution in [0.5, 0.6) is 0 Å². The monoisotopic (exact) mass is 263 g/mol. The van der Waals surface area contributed by atoms with Crippen LogP contribution in [0.1, 0.15) is 47.2 Å². The number of hydrogen-bond acceptors (Lipinski definition) is 5. The molecule has 0 radical (unpaired) electrons. The summed E-state index contributed by atoms with van der Waals surface area (Å²) in [5.74, 6) is 1.46. The lowest BCUT2D eigenvalue weighted by Crippen LogP contribution is -2.27. The first-order valence-electron chi connectivity index (χ1n) is 6.34. The van der Waals surface area contributed by atoms with Crippen molar-refractivity contribution in [1.82, 2.24) is 24.7 Å². The number of fused-ring (bicyclic) bond motifs is 1. The lowest BCUT2D eigenvalue weighted by Gasteiger charge is -2.11. The summed E-state index contributed by atoms with van der Waals surface area (Å²) in [6.07, 6.45) is 4.52. The van der Waals surface area contributed by atoms with Crippen LogP contribution in [0.4, 0.5) is 0 Å². The Labute approximate surface area is 108 Å². The number of carbonyl (C=O) groups excluding carboxylic acids is 1. The second-order valence-electron chi connectivity index (χ2n) is 4.93. The van der Waals surface area contributed by atoms with Crippen molar-refractivity contribution >= 4 is 22.2 Å². The Balaban J connectivity index is 1.70. The maximum absolute atomic E-state index is 12.2. The SMILES string of the molecule is O=C(c1nn2c(C3CC3)nnc2s1)N1CCCC1. The highest BCUT2D eigenvalue weighted by Crippen LogP contribution is 2.39. The van der Waals surface area contributed by atoms with Gasteiger partial charge in [-0.15, -0.1) is 15.3 Å². The average molecular weight is 263 g/mol. The number of hydrogen-bond donors (Lipinski definition) is 0. The summed E-state index contributed by atoms with van der Waals surface area (Å²) in [5.41, 5.74) is 0. The Morgan fingerprint density at radius 2 is 2.00 bits per heavy atom. The van der Waals surface area contributed by atoms with Gasteiger partial charge in [0.2, 0.25) is 9.97 Å². The Hall–Kier alpha value is -1.50. The van der Waals surface area contributed by atoms with Crippen LogP contribution >= 0.6 is 11.3 Å². The molecule has 2 aliphatic rings. The van der Waals surface area contributed by atoms with E-state index in [2.05, 4.69) is 15.3 Å². The van der Waals surface area contributed by atoms with E-state index >= 15 is 0 Å². The second kappa shape index (κ2) is 3.74. The number of nitrogens with zero attached hydrogens (tertiary/aromatic N) is 5. The van der Waals surface area contributed by atoms with Crippen LogP contribution in [0.2, 0.25) is 0 Å². The molecule has 1 saturated heterocycles. The van der Waals surface area contributed by atoms with Crippen LogP contribution in [0.15, 0.2) is 0 Å². The lowest BCUT2D eigenvalue weighted by atomic mass is 10.4. The fourth-order valence-corrected chi connectivity index (χ4v) is 3.18. The molecule has 1 saturated carbocycles. The Bertz CT molecular complexity index is 608. The highest BCUT2D eigenvalue weighted by molar-refractivity contribution is 7.18. The Morgan fingerprint density at radius 3 is 2.72 bits per heavy atom. The van der Waals surface area contributed by atoms with E-state index in [9.17, 15) is 4.79 Å². The van der Waals surface area contributed by atoms with Gasteiger partial charge in [-0.25, -0.2) is 0 Å². The molecule has 2 aromatic rings. The predicted molar refractivity (Wildman–Crippen MR) is 65.8 cm³/mol. The maximum Gasteiger partial charge on any atom is 0.284 e. The maximum atomic E-state index is 12.2. The predicted octanol–water partition coefficient (Wildman–Crippen LogP) is 1.30. The molecular weight excluding hydrogens is 250 g/mol. The number of amides is 1. The fraction of sp³-hybridized carbons (Fsp3) is 0.636. The van der Waals surface area contributed by atoms with Gasteiger partial charge in [-0.1, -0.05) is 11.3 Å². The number of aromatic nitrogens is 4. The van der Waals surface area contributed by atoms with Crippen molar-refractivity contribution in [1.29, 1.82) is 0 Å². The summed E-state index contributed by atoms with van der Waals surface area (Å²) >= 11 is 1.35. The van der Waals surface area contributed by atoms with E-state index < -0.39 is 0 Å². The van der Waals surface area contributed by atoms with Crippen LogP contribution in [-0.2, 0) is 0 Å². The van der Waals surface area contributed by atoms with Gasteiger partial charge in [-0.3, -0.25) is 4.79 Å². The molecule has 2 aromatic heterocycles. The third kappa shape index (κ3) is 1.53. The van der Waals surface area contributed by atoms with Crippen molar-refractivity contribution in [3.8, 4) is 0 Å². The molecule has 0 spiro atoms. The van der Waals surface area contributed by atoms with Crippen LogP contribution in [-0.4, -0.2) is 43.7 Å². The molecular formula is C11H13N5OS. The van der Waals surface area contributed by atoms with Gasteiger partial charge >= 0.3 is 0 Å². The molecule has 0 unspecified atom stereocenters. The summed E-state index contributed by atoms with van der Waals surface area (Å²) in [6, 6.07) is 0. The van der Waals surface area contributed by atoms with E-state index in [4.69, 9.17) is 0 Å². The minimum atomic E-state index is 0.0461. The molecule has 2 fully saturated rings. The Kier molecular flexibility index (Phi) is 2.17. The van der Waals surface area contributed by atoms with Crippen LogP contribution in [0, 0.1) is 0 Å². The second-order valence-corrected chi connectivity index (χ2v) is 5.89. The van der Waals surface area contributed by atoms with Crippen molar-refractivity contribution in [3.63, 3.8) is 0 Å². The third-order valence-corrected chi connectivity index (χ3v) is 4.42. The first-order valence-corrected chi connectivity index (χ1v) is 7.16. The molecule has 1 aliphatic heterocycles. The largest absolute Gasteiger partial charge is 0.337 e. The first-order chi connectivity index (χ1) is 8.83. The van der Waals surface area contributed by atoms with E-state index in [-0.39, 0.29) is 5.91 Å². The molecule has 0 aromatic carbocycles. The molecule has 3 heterocycles. The molecule has 6 nitrogen and oxygen atoms in total. The van der Waals surface area contributed by atoms with Crippen molar-refractivity contribution in [2.75, 3.05) is 13.1 Å². The third-order valence-electron chi connectivity index (χ3n) is 3.53. The molecule has 94 valence electrons. The van der Waals surface area contributed by atoms with Crippen LogP contribution < -0.4 is 0 Å². The topological polar surface area (TPSA) is 63.4 Å². The number of likely N-dealkylation sites (tertiary alicyclic amines) is 1. The fourth-order valence-electron chi connectivity index (χ4n) is 2.37. The van der Waals surface area contributed by atoms with E-state index in [0.717, 1.165) is 49.6 Å². The highest BCUT2D eigenvalue weighted by atomic mass is 32.1. The normalized spacial score (nSPS) is 19.9. The minimum absolute atomic E-state index is 0.0461. The quantitative estimate of drug-likeness (QED) is 0.819. The summed E-state index contributed by atoms with van der Waals surface area (Å²) in [6.45, 7) is 1.71. The zero-order valence-electron chi connectivity index (χ0n) is 9.87. The van der Waals surface area contributed by atoms with Gasteiger partial charge in [0.1, 0.15) is 0 Å². The summed E-state index contributed by atoms with van der Waals surface area (Å²) in [4.78, 5) is 14.8. The zero-order valence-corrected chi connectivity index (χ0v) is 10.7. The van der Waals surface area contributed by atoms with E-state index in [1.54, 1.807) is 4.52 Å². The van der Waals surface area contributed by atoms with Gasteiger partial charge in [0.15, 0.2) is 5.82 Å². The Morgan fingerprint density at radius 1 is 1.22 bits per heavy atom. The van der Waals surface area contributed by atoms with E-state index in [1.807, 2.05) is 4.90 Å². The van der Waals surface area contributed by atoms with Gasteiger partial charge < -0.3 is 4.90 Å². The molecule has 1 amide bonds. The molecule has 0 bridgehead atoms. The minimum Gasteiger partial charge on any atom is -0.337 e. The number of carbonyl (C=O) groups is 1. The van der Waals surface area contributed by atoms with Crippen molar-refractivity contribution in [2.24, 2.45) is 0 Å². The van der Waals surface area contributed by atoms with Crippen molar-refractivity contribution < 1.29 is 4.79 Å². The molecule has 7 heteroatoms. The van der Waals surface area contributed by atoms with Gasteiger partial charge in [-0.05, 0) is 25.7 Å². The highest BCUT2D eigenvalue weighted by Gasteiger charge is 2.31. The van der Waals surface area contributed by atoms with E-state index in [1.165, 1.54) is 11.3 Å². The van der Waals surface area contributed by atoms with Crippen molar-refractivity contribution in [3.05, 3.63) is 10.8 Å². The van der Waals surface area contributed by atoms with Crippen LogP contribution in [0.3, 0.4) is 0 Å². The van der Waals surface area contributed by atoms with E-state index in [0.29, 0.717) is 10.9 Å². The lowest BCUT2D eigenvalue weighted by molar-refractivity contribution is 0.0791. The number of rotatable bonds is 2. The van der Waals surface area contributed by atoms with Gasteiger partial charge in [-0.2, -0.15) is 4.52 Å². The standard InChI is InChI=1S/C11H13N5OS/c17-10(15-5-1-2-6-15)9-14-16-8(7-3-4-7)12-13-11(16)18-9/h7H,1-6H2.